The largest absolute Gasteiger partial charge is 0.497 e. The summed E-state index contributed by atoms with van der Waals surface area (Å²) < 4.78 is 10.9. The van der Waals surface area contributed by atoms with Crippen molar-refractivity contribution < 1.29 is 9.47 Å². The SMILES string of the molecule is CCOC(=S)SCc1nc2ccc(OC)cc2[nH]1. The summed E-state index contributed by atoms with van der Waals surface area (Å²) in [5.41, 5.74) is 1.89. The van der Waals surface area contributed by atoms with Crippen molar-refractivity contribution in [2.75, 3.05) is 13.7 Å². The minimum absolute atomic E-state index is 0.551. The first-order valence-corrected chi connectivity index (χ1v) is 6.94. The number of benzene rings is 1. The number of aromatic nitrogens is 2. The van der Waals surface area contributed by atoms with Gasteiger partial charge in [-0.15, -0.1) is 0 Å². The number of methoxy groups -OCH3 is 1. The topological polar surface area (TPSA) is 47.1 Å². The third-order valence-electron chi connectivity index (χ3n) is 2.33. The summed E-state index contributed by atoms with van der Waals surface area (Å²) >= 11 is 6.52. The van der Waals surface area contributed by atoms with Crippen molar-refractivity contribution in [1.82, 2.24) is 9.97 Å². The first kappa shape index (κ1) is 13.2. The van der Waals surface area contributed by atoms with Crippen molar-refractivity contribution in [2.45, 2.75) is 12.7 Å². The number of thiocarbonyl (C=S) groups is 1. The zero-order chi connectivity index (χ0) is 13.0. The van der Waals surface area contributed by atoms with Gasteiger partial charge in [-0.2, -0.15) is 0 Å². The lowest BCUT2D eigenvalue weighted by atomic mass is 10.3. The van der Waals surface area contributed by atoms with Crippen LogP contribution in [0.25, 0.3) is 11.0 Å². The third-order valence-corrected chi connectivity index (χ3v) is 3.57. The standard InChI is InChI=1S/C12H14N2O2S2/c1-3-16-12(17)18-7-11-13-9-5-4-8(15-2)6-10(9)14-11/h4-6H,3,7H2,1-2H3,(H,13,14). The molecule has 1 heterocycles. The van der Waals surface area contributed by atoms with Gasteiger partial charge < -0.3 is 14.5 Å². The summed E-state index contributed by atoms with van der Waals surface area (Å²) in [6.07, 6.45) is 0. The van der Waals surface area contributed by atoms with Crippen LogP contribution in [0.4, 0.5) is 0 Å². The summed E-state index contributed by atoms with van der Waals surface area (Å²) in [4.78, 5) is 7.71. The van der Waals surface area contributed by atoms with Crippen LogP contribution in [-0.4, -0.2) is 28.1 Å². The number of hydrogen-bond acceptors (Lipinski definition) is 5. The highest BCUT2D eigenvalue weighted by Crippen LogP contribution is 2.21. The highest BCUT2D eigenvalue weighted by Gasteiger charge is 2.06. The Morgan fingerprint density at radius 3 is 3.06 bits per heavy atom. The molecule has 0 aliphatic heterocycles. The molecule has 4 nitrogen and oxygen atoms in total. The second-order valence-corrected chi connectivity index (χ2v) is 5.12. The molecular weight excluding hydrogens is 268 g/mol. The molecule has 0 bridgehead atoms. The Labute approximate surface area is 115 Å². The number of fused-ring (bicyclic) bond motifs is 1. The van der Waals surface area contributed by atoms with Crippen molar-refractivity contribution in [1.29, 1.82) is 0 Å². The highest BCUT2D eigenvalue weighted by atomic mass is 32.2. The molecular formula is C12H14N2O2S2. The van der Waals surface area contributed by atoms with Gasteiger partial charge in [-0.3, -0.25) is 0 Å². The van der Waals surface area contributed by atoms with E-state index in [0.29, 0.717) is 16.7 Å². The van der Waals surface area contributed by atoms with Crippen molar-refractivity contribution >= 4 is 39.4 Å². The Morgan fingerprint density at radius 1 is 1.50 bits per heavy atom. The molecule has 0 atom stereocenters. The van der Waals surface area contributed by atoms with Crippen LogP contribution in [0.2, 0.25) is 0 Å². The lowest BCUT2D eigenvalue weighted by Crippen LogP contribution is -1.96. The smallest absolute Gasteiger partial charge is 0.220 e. The van der Waals surface area contributed by atoms with Crippen LogP contribution < -0.4 is 4.74 Å². The first-order chi connectivity index (χ1) is 8.72. The second-order valence-electron chi connectivity index (χ2n) is 3.54. The van der Waals surface area contributed by atoms with E-state index in [1.807, 2.05) is 25.1 Å². The van der Waals surface area contributed by atoms with E-state index in [1.165, 1.54) is 11.8 Å². The van der Waals surface area contributed by atoms with Gasteiger partial charge >= 0.3 is 0 Å². The number of rotatable bonds is 4. The monoisotopic (exact) mass is 282 g/mol. The molecule has 1 aromatic heterocycles. The maximum absolute atomic E-state index is 5.21. The van der Waals surface area contributed by atoms with Crippen LogP contribution in [0.1, 0.15) is 12.7 Å². The van der Waals surface area contributed by atoms with Gasteiger partial charge in [0.15, 0.2) is 0 Å². The van der Waals surface area contributed by atoms with E-state index in [2.05, 4.69) is 9.97 Å². The minimum atomic E-state index is 0.551. The van der Waals surface area contributed by atoms with E-state index in [0.717, 1.165) is 22.6 Å². The van der Waals surface area contributed by atoms with Gasteiger partial charge in [0.05, 0.1) is 30.5 Å². The van der Waals surface area contributed by atoms with E-state index in [-0.39, 0.29) is 0 Å². The predicted octanol–water partition coefficient (Wildman–Crippen LogP) is 3.13. The molecule has 0 amide bonds. The quantitative estimate of drug-likeness (QED) is 0.873. The molecule has 0 fully saturated rings. The fourth-order valence-electron chi connectivity index (χ4n) is 1.52. The molecule has 18 heavy (non-hydrogen) atoms. The Morgan fingerprint density at radius 2 is 2.33 bits per heavy atom. The van der Waals surface area contributed by atoms with Crippen molar-refractivity contribution in [3.8, 4) is 5.75 Å². The fourth-order valence-corrected chi connectivity index (χ4v) is 2.41. The van der Waals surface area contributed by atoms with Crippen LogP contribution in [0.15, 0.2) is 18.2 Å². The van der Waals surface area contributed by atoms with E-state index >= 15 is 0 Å². The van der Waals surface area contributed by atoms with Gasteiger partial charge in [-0.1, -0.05) is 11.8 Å². The van der Waals surface area contributed by atoms with Gasteiger partial charge in [-0.25, -0.2) is 4.98 Å². The Kier molecular flexibility index (Phi) is 4.43. The van der Waals surface area contributed by atoms with Crippen molar-refractivity contribution in [2.24, 2.45) is 0 Å². The van der Waals surface area contributed by atoms with Crippen LogP contribution in [-0.2, 0) is 10.5 Å². The molecule has 96 valence electrons. The van der Waals surface area contributed by atoms with E-state index < -0.39 is 0 Å². The molecule has 1 N–H and O–H groups in total. The van der Waals surface area contributed by atoms with Crippen LogP contribution in [0.5, 0.6) is 5.75 Å². The maximum Gasteiger partial charge on any atom is 0.220 e. The Balaban J connectivity index is 2.08. The zero-order valence-corrected chi connectivity index (χ0v) is 11.9. The number of ether oxygens (including phenoxy) is 2. The van der Waals surface area contributed by atoms with Gasteiger partial charge in [0, 0.05) is 6.07 Å². The molecule has 0 aliphatic carbocycles. The van der Waals surface area contributed by atoms with Gasteiger partial charge in [-0.05, 0) is 31.3 Å². The molecule has 1 aromatic carbocycles. The number of nitrogens with zero attached hydrogens (tertiary/aromatic N) is 1. The molecule has 2 rings (SSSR count). The Bertz CT molecular complexity index is 554. The maximum atomic E-state index is 5.21. The number of aromatic amines is 1. The molecule has 0 aliphatic rings. The lowest BCUT2D eigenvalue weighted by Gasteiger charge is -2.01. The van der Waals surface area contributed by atoms with Gasteiger partial charge in [0.2, 0.25) is 4.38 Å². The van der Waals surface area contributed by atoms with Gasteiger partial charge in [0.25, 0.3) is 0 Å². The average molecular weight is 282 g/mol. The molecule has 0 radical (unpaired) electrons. The summed E-state index contributed by atoms with van der Waals surface area (Å²) in [6, 6.07) is 5.75. The van der Waals surface area contributed by atoms with Crippen LogP contribution in [0.3, 0.4) is 0 Å². The molecule has 0 saturated carbocycles. The Hall–Kier alpha value is -1.27. The minimum Gasteiger partial charge on any atom is -0.497 e. The number of nitrogens with one attached hydrogen (secondary N) is 1. The summed E-state index contributed by atoms with van der Waals surface area (Å²) in [7, 11) is 1.65. The molecule has 2 aromatic rings. The summed E-state index contributed by atoms with van der Waals surface area (Å²) in [5.74, 6) is 2.37. The normalized spacial score (nSPS) is 10.6. The fraction of sp³-hybridized carbons (Fsp3) is 0.333. The van der Waals surface area contributed by atoms with Crippen LogP contribution in [0, 0.1) is 0 Å². The second kappa shape index (κ2) is 6.06. The lowest BCUT2D eigenvalue weighted by molar-refractivity contribution is 0.346. The van der Waals surface area contributed by atoms with E-state index in [9.17, 15) is 0 Å². The number of hydrogen-bond donors (Lipinski definition) is 1. The molecule has 6 heteroatoms. The first-order valence-electron chi connectivity index (χ1n) is 5.55. The van der Waals surface area contributed by atoms with Crippen molar-refractivity contribution in [3.63, 3.8) is 0 Å². The van der Waals surface area contributed by atoms with E-state index in [1.54, 1.807) is 7.11 Å². The van der Waals surface area contributed by atoms with E-state index in [4.69, 9.17) is 21.7 Å². The molecule has 0 saturated heterocycles. The molecule has 0 spiro atoms. The molecule has 0 unspecified atom stereocenters. The predicted molar refractivity (Wildman–Crippen MR) is 78.2 cm³/mol. The number of H-pyrrole nitrogens is 1. The third kappa shape index (κ3) is 3.14. The van der Waals surface area contributed by atoms with Crippen molar-refractivity contribution in [3.05, 3.63) is 24.0 Å². The number of imidazole rings is 1. The number of thioether (sulfide) groups is 1. The summed E-state index contributed by atoms with van der Waals surface area (Å²) in [5, 5.41) is 0. The summed E-state index contributed by atoms with van der Waals surface area (Å²) in [6.45, 7) is 2.52. The average Bonchev–Trinajstić information content (AvgIpc) is 2.78. The van der Waals surface area contributed by atoms with Gasteiger partial charge in [0.1, 0.15) is 11.6 Å². The van der Waals surface area contributed by atoms with Crippen LogP contribution >= 0.6 is 24.0 Å². The highest BCUT2D eigenvalue weighted by molar-refractivity contribution is 8.22. The zero-order valence-electron chi connectivity index (χ0n) is 10.2.